The molecule has 3 rings (SSSR count). The molecule has 0 saturated heterocycles. The smallest absolute Gasteiger partial charge is 0.152 e. The maximum Gasteiger partial charge on any atom is 0.152 e. The molecule has 0 fully saturated rings. The van der Waals surface area contributed by atoms with Gasteiger partial charge in [-0.3, -0.25) is 0 Å². The number of benzene rings is 1. The second-order valence-electron chi connectivity index (χ2n) is 6.40. The number of nitrogens with zero attached hydrogens (tertiary/aromatic N) is 4. The summed E-state index contributed by atoms with van der Waals surface area (Å²) in [6, 6.07) is 10.7. The molecule has 0 spiro atoms. The predicted octanol–water partition coefficient (Wildman–Crippen LogP) is 1.61. The third-order valence-electron chi connectivity index (χ3n) is 4.41. The zero-order valence-electron chi connectivity index (χ0n) is 13.4. The minimum absolute atomic E-state index is 0.305. The van der Waals surface area contributed by atoms with Gasteiger partial charge in [-0.1, -0.05) is 30.3 Å². The van der Waals surface area contributed by atoms with Gasteiger partial charge in [0.2, 0.25) is 0 Å². The van der Waals surface area contributed by atoms with E-state index in [1.165, 1.54) is 5.56 Å². The fourth-order valence-corrected chi connectivity index (χ4v) is 3.17. The number of hydrogen-bond acceptors (Lipinski definition) is 4. The Morgan fingerprint density at radius 3 is 2.73 bits per heavy atom. The van der Waals surface area contributed by atoms with Crippen LogP contribution in [-0.4, -0.2) is 46.8 Å². The number of aromatic nitrogens is 3. The first-order valence-electron chi connectivity index (χ1n) is 8.00. The molecule has 0 amide bonds. The largest absolute Gasteiger partial charge is 0.330 e. The SMILES string of the molecule is CN(C)CCc1nc2n(n1)CC(c1ccccc1)CC2CN. The van der Waals surface area contributed by atoms with Crippen LogP contribution in [0.5, 0.6) is 0 Å². The van der Waals surface area contributed by atoms with Gasteiger partial charge in [0, 0.05) is 37.9 Å². The Kier molecular flexibility index (Phi) is 4.55. The van der Waals surface area contributed by atoms with Gasteiger partial charge < -0.3 is 10.6 Å². The number of fused-ring (bicyclic) bond motifs is 1. The van der Waals surface area contributed by atoms with E-state index in [1.54, 1.807) is 0 Å². The van der Waals surface area contributed by atoms with E-state index >= 15 is 0 Å². The molecule has 0 bridgehead atoms. The van der Waals surface area contributed by atoms with Crippen LogP contribution in [0.4, 0.5) is 0 Å². The molecule has 2 heterocycles. The molecule has 118 valence electrons. The fraction of sp³-hybridized carbons (Fsp3) is 0.529. The average molecular weight is 299 g/mol. The summed E-state index contributed by atoms with van der Waals surface area (Å²) in [7, 11) is 4.15. The standard InChI is InChI=1S/C17H25N5/c1-21(2)9-8-16-19-17-14(11-18)10-15(12-22(17)20-16)13-6-4-3-5-7-13/h3-7,14-15H,8-12,18H2,1-2H3. The summed E-state index contributed by atoms with van der Waals surface area (Å²) < 4.78 is 2.09. The molecule has 2 N–H and O–H groups in total. The third-order valence-corrected chi connectivity index (χ3v) is 4.41. The number of nitrogens with two attached hydrogens (primary N) is 1. The summed E-state index contributed by atoms with van der Waals surface area (Å²) in [6.45, 7) is 2.51. The normalized spacial score (nSPS) is 21.1. The lowest BCUT2D eigenvalue weighted by Crippen LogP contribution is -2.28. The Morgan fingerprint density at radius 2 is 2.05 bits per heavy atom. The van der Waals surface area contributed by atoms with Gasteiger partial charge in [0.25, 0.3) is 0 Å². The van der Waals surface area contributed by atoms with E-state index in [4.69, 9.17) is 15.8 Å². The van der Waals surface area contributed by atoms with Crippen LogP contribution in [0.15, 0.2) is 30.3 Å². The van der Waals surface area contributed by atoms with E-state index in [0.717, 1.165) is 37.6 Å². The molecular weight excluding hydrogens is 274 g/mol. The fourth-order valence-electron chi connectivity index (χ4n) is 3.17. The van der Waals surface area contributed by atoms with Gasteiger partial charge in [-0.25, -0.2) is 9.67 Å². The lowest BCUT2D eigenvalue weighted by Gasteiger charge is -2.28. The van der Waals surface area contributed by atoms with Crippen LogP contribution in [0.2, 0.25) is 0 Å². The van der Waals surface area contributed by atoms with Gasteiger partial charge in [0.15, 0.2) is 5.82 Å². The van der Waals surface area contributed by atoms with Crippen LogP contribution in [0.1, 0.15) is 35.5 Å². The van der Waals surface area contributed by atoms with Crippen LogP contribution in [-0.2, 0) is 13.0 Å². The lowest BCUT2D eigenvalue weighted by molar-refractivity contribution is 0.371. The van der Waals surface area contributed by atoms with Crippen molar-refractivity contribution in [1.82, 2.24) is 19.7 Å². The van der Waals surface area contributed by atoms with Crippen molar-refractivity contribution in [2.75, 3.05) is 27.2 Å². The van der Waals surface area contributed by atoms with E-state index < -0.39 is 0 Å². The molecule has 1 aliphatic heterocycles. The van der Waals surface area contributed by atoms with Crippen LogP contribution in [0.3, 0.4) is 0 Å². The van der Waals surface area contributed by atoms with E-state index in [1.807, 2.05) is 0 Å². The van der Waals surface area contributed by atoms with Gasteiger partial charge >= 0.3 is 0 Å². The van der Waals surface area contributed by atoms with Crippen LogP contribution >= 0.6 is 0 Å². The maximum absolute atomic E-state index is 6.00. The summed E-state index contributed by atoms with van der Waals surface area (Å²) >= 11 is 0. The van der Waals surface area contributed by atoms with Crippen LogP contribution < -0.4 is 5.73 Å². The Balaban J connectivity index is 1.82. The highest BCUT2D eigenvalue weighted by atomic mass is 15.4. The van der Waals surface area contributed by atoms with Gasteiger partial charge in [-0.05, 0) is 26.1 Å². The summed E-state index contributed by atoms with van der Waals surface area (Å²) in [5, 5.41) is 4.72. The van der Waals surface area contributed by atoms with Gasteiger partial charge in [0.05, 0.1) is 0 Å². The highest BCUT2D eigenvalue weighted by Crippen LogP contribution is 2.34. The highest BCUT2D eigenvalue weighted by Gasteiger charge is 2.30. The first kappa shape index (κ1) is 15.2. The Hall–Kier alpha value is -1.72. The van der Waals surface area contributed by atoms with Crippen molar-refractivity contribution in [2.24, 2.45) is 5.73 Å². The number of rotatable bonds is 5. The van der Waals surface area contributed by atoms with Gasteiger partial charge in [-0.15, -0.1) is 0 Å². The molecule has 1 aromatic heterocycles. The summed E-state index contributed by atoms with van der Waals surface area (Å²) in [4.78, 5) is 6.91. The van der Waals surface area contributed by atoms with Crippen molar-refractivity contribution >= 4 is 0 Å². The molecule has 0 saturated carbocycles. The molecule has 0 radical (unpaired) electrons. The first-order chi connectivity index (χ1) is 10.7. The molecule has 1 aromatic carbocycles. The monoisotopic (exact) mass is 299 g/mol. The summed E-state index contributed by atoms with van der Waals surface area (Å²) in [6.07, 6.45) is 1.95. The second-order valence-corrected chi connectivity index (χ2v) is 6.40. The predicted molar refractivity (Wildman–Crippen MR) is 87.9 cm³/mol. The van der Waals surface area contributed by atoms with E-state index in [9.17, 15) is 0 Å². The van der Waals surface area contributed by atoms with Gasteiger partial charge in [0.1, 0.15) is 5.82 Å². The van der Waals surface area contributed by atoms with E-state index in [0.29, 0.717) is 18.4 Å². The maximum atomic E-state index is 6.00. The van der Waals surface area contributed by atoms with Crippen molar-refractivity contribution in [1.29, 1.82) is 0 Å². The van der Waals surface area contributed by atoms with Crippen molar-refractivity contribution in [2.45, 2.75) is 31.2 Å². The zero-order chi connectivity index (χ0) is 15.5. The summed E-state index contributed by atoms with van der Waals surface area (Å²) in [5.41, 5.74) is 7.37. The second kappa shape index (κ2) is 6.58. The lowest BCUT2D eigenvalue weighted by atomic mass is 9.85. The van der Waals surface area contributed by atoms with Gasteiger partial charge in [-0.2, -0.15) is 5.10 Å². The van der Waals surface area contributed by atoms with Crippen molar-refractivity contribution in [3.05, 3.63) is 47.5 Å². The molecule has 22 heavy (non-hydrogen) atoms. The Morgan fingerprint density at radius 1 is 1.27 bits per heavy atom. The molecule has 1 aliphatic rings. The molecule has 2 atom stereocenters. The molecule has 5 heteroatoms. The molecule has 2 aromatic rings. The summed E-state index contributed by atoms with van der Waals surface area (Å²) in [5.74, 6) is 2.80. The first-order valence-corrected chi connectivity index (χ1v) is 8.00. The molecule has 2 unspecified atom stereocenters. The zero-order valence-corrected chi connectivity index (χ0v) is 13.4. The molecule has 5 nitrogen and oxygen atoms in total. The Bertz CT molecular complexity index is 605. The van der Waals surface area contributed by atoms with Crippen molar-refractivity contribution in [3.8, 4) is 0 Å². The van der Waals surface area contributed by atoms with Crippen LogP contribution in [0.25, 0.3) is 0 Å². The average Bonchev–Trinajstić information content (AvgIpc) is 2.95. The quantitative estimate of drug-likeness (QED) is 0.911. The number of likely N-dealkylation sites (N-methyl/N-ethyl adjacent to an activating group) is 1. The minimum Gasteiger partial charge on any atom is -0.330 e. The third kappa shape index (κ3) is 3.20. The van der Waals surface area contributed by atoms with E-state index in [-0.39, 0.29) is 0 Å². The minimum atomic E-state index is 0.305. The number of hydrogen-bond donors (Lipinski definition) is 1. The highest BCUT2D eigenvalue weighted by molar-refractivity contribution is 5.22. The van der Waals surface area contributed by atoms with Crippen LogP contribution in [0, 0.1) is 0 Å². The molecular formula is C17H25N5. The van der Waals surface area contributed by atoms with Crippen molar-refractivity contribution < 1.29 is 0 Å². The topological polar surface area (TPSA) is 60.0 Å². The van der Waals surface area contributed by atoms with E-state index in [2.05, 4.69) is 54.0 Å². The Labute approximate surface area is 132 Å². The molecule has 0 aliphatic carbocycles. The van der Waals surface area contributed by atoms with Crippen molar-refractivity contribution in [3.63, 3.8) is 0 Å².